The highest BCUT2D eigenvalue weighted by atomic mass is 32.2. The first-order chi connectivity index (χ1) is 14.0. The summed E-state index contributed by atoms with van der Waals surface area (Å²) in [6.45, 7) is 3.73. The maximum Gasteiger partial charge on any atom is 0.294 e. The van der Waals surface area contributed by atoms with Gasteiger partial charge in [-0.1, -0.05) is 37.3 Å². The van der Waals surface area contributed by atoms with Crippen molar-refractivity contribution in [2.24, 2.45) is 0 Å². The number of nitrogens with zero attached hydrogens (tertiary/aromatic N) is 1. The summed E-state index contributed by atoms with van der Waals surface area (Å²) in [5, 5.41) is 2.22. The lowest BCUT2D eigenvalue weighted by Crippen LogP contribution is -2.36. The van der Waals surface area contributed by atoms with E-state index in [1.165, 1.54) is 0 Å². The van der Waals surface area contributed by atoms with Crippen LogP contribution in [-0.2, 0) is 9.59 Å². The molecule has 7 heteroatoms. The maximum atomic E-state index is 12.6. The molecule has 0 radical (unpaired) electrons. The van der Waals surface area contributed by atoms with E-state index in [2.05, 4.69) is 12.2 Å². The zero-order chi connectivity index (χ0) is 20.8. The fourth-order valence-corrected chi connectivity index (χ4v) is 3.45. The molecule has 0 aliphatic carbocycles. The van der Waals surface area contributed by atoms with Gasteiger partial charge in [0, 0.05) is 5.69 Å². The number of hydrogen-bond acceptors (Lipinski definition) is 5. The Morgan fingerprint density at radius 3 is 2.48 bits per heavy atom. The largest absolute Gasteiger partial charge is 0.491 e. The molecule has 0 saturated carbocycles. The standard InChI is InChI=1S/C22H22N2O4S/c1-3-15(2)28-18-11-9-16(10-12-18)13-19-21(26)24(22(27)29-19)14-20(25)23-17-7-5-4-6-8-17/h4-13,15H,3,14H2,1-2H3,(H,23,25)/b19-13-/t15-/m1/s1. The van der Waals surface area contributed by atoms with Gasteiger partial charge >= 0.3 is 0 Å². The van der Waals surface area contributed by atoms with E-state index in [1.54, 1.807) is 30.3 Å². The molecule has 1 fully saturated rings. The van der Waals surface area contributed by atoms with E-state index in [4.69, 9.17) is 4.74 Å². The topological polar surface area (TPSA) is 75.7 Å². The molecule has 6 nitrogen and oxygen atoms in total. The first kappa shape index (κ1) is 20.7. The van der Waals surface area contributed by atoms with Crippen molar-refractivity contribution in [3.63, 3.8) is 0 Å². The summed E-state index contributed by atoms with van der Waals surface area (Å²) in [7, 11) is 0. The Bertz CT molecular complexity index is 926. The second-order valence-electron chi connectivity index (χ2n) is 6.59. The Morgan fingerprint density at radius 2 is 1.83 bits per heavy atom. The van der Waals surface area contributed by atoms with Crippen LogP contribution in [0.5, 0.6) is 5.75 Å². The van der Waals surface area contributed by atoms with Crippen molar-refractivity contribution in [3.05, 3.63) is 65.1 Å². The Kier molecular flexibility index (Phi) is 6.72. The summed E-state index contributed by atoms with van der Waals surface area (Å²) < 4.78 is 5.74. The minimum atomic E-state index is -0.469. The smallest absolute Gasteiger partial charge is 0.294 e. The van der Waals surface area contributed by atoms with E-state index < -0.39 is 17.1 Å². The van der Waals surface area contributed by atoms with Gasteiger partial charge in [-0.2, -0.15) is 0 Å². The molecular formula is C22H22N2O4S. The molecule has 0 bridgehead atoms. The van der Waals surface area contributed by atoms with Crippen LogP contribution < -0.4 is 10.1 Å². The number of nitrogens with one attached hydrogen (secondary N) is 1. The summed E-state index contributed by atoms with van der Waals surface area (Å²) in [5.41, 5.74) is 1.39. The molecule has 0 aromatic heterocycles. The van der Waals surface area contributed by atoms with Crippen molar-refractivity contribution >= 4 is 40.6 Å². The molecule has 3 rings (SSSR count). The highest BCUT2D eigenvalue weighted by Gasteiger charge is 2.36. The van der Waals surface area contributed by atoms with Crippen molar-refractivity contribution in [3.8, 4) is 5.75 Å². The average molecular weight is 410 g/mol. The van der Waals surface area contributed by atoms with Crippen molar-refractivity contribution in [1.82, 2.24) is 4.90 Å². The van der Waals surface area contributed by atoms with Gasteiger partial charge in [-0.15, -0.1) is 0 Å². The van der Waals surface area contributed by atoms with Crippen LogP contribution in [0.4, 0.5) is 10.5 Å². The van der Waals surface area contributed by atoms with E-state index in [0.717, 1.165) is 34.4 Å². The fourth-order valence-electron chi connectivity index (χ4n) is 2.61. The van der Waals surface area contributed by atoms with Crippen LogP contribution in [0.25, 0.3) is 6.08 Å². The molecule has 29 heavy (non-hydrogen) atoms. The summed E-state index contributed by atoms with van der Waals surface area (Å²) in [6.07, 6.45) is 2.68. The van der Waals surface area contributed by atoms with E-state index >= 15 is 0 Å². The number of imide groups is 1. The number of thioether (sulfide) groups is 1. The van der Waals surface area contributed by atoms with Crippen LogP contribution in [0.3, 0.4) is 0 Å². The van der Waals surface area contributed by atoms with Crippen LogP contribution in [-0.4, -0.2) is 34.6 Å². The van der Waals surface area contributed by atoms with Crippen LogP contribution in [0.15, 0.2) is 59.5 Å². The molecule has 150 valence electrons. The third kappa shape index (κ3) is 5.48. The predicted molar refractivity (Wildman–Crippen MR) is 115 cm³/mol. The number of hydrogen-bond donors (Lipinski definition) is 1. The van der Waals surface area contributed by atoms with Gasteiger partial charge in [0.05, 0.1) is 11.0 Å². The number of rotatable bonds is 7. The Morgan fingerprint density at radius 1 is 1.14 bits per heavy atom. The molecule has 2 aromatic rings. The molecule has 1 heterocycles. The quantitative estimate of drug-likeness (QED) is 0.678. The maximum absolute atomic E-state index is 12.6. The highest BCUT2D eigenvalue weighted by molar-refractivity contribution is 8.18. The normalized spacial score (nSPS) is 16.2. The Balaban J connectivity index is 1.64. The van der Waals surface area contributed by atoms with Crippen LogP contribution >= 0.6 is 11.8 Å². The first-order valence-corrected chi connectivity index (χ1v) is 10.1. The molecule has 3 amide bonds. The SMILES string of the molecule is CC[C@@H](C)Oc1ccc(/C=C2\SC(=O)N(CC(=O)Nc3ccccc3)C2=O)cc1. The number of carbonyl (C=O) groups excluding carboxylic acids is 3. The summed E-state index contributed by atoms with van der Waals surface area (Å²) >= 11 is 0.831. The molecule has 2 aromatic carbocycles. The highest BCUT2D eigenvalue weighted by Crippen LogP contribution is 2.32. The van der Waals surface area contributed by atoms with E-state index in [0.29, 0.717) is 5.69 Å². The summed E-state index contributed by atoms with van der Waals surface area (Å²) in [6, 6.07) is 16.2. The van der Waals surface area contributed by atoms with Gasteiger partial charge in [-0.25, -0.2) is 0 Å². The minimum Gasteiger partial charge on any atom is -0.491 e. The molecule has 1 saturated heterocycles. The number of amides is 3. The van der Waals surface area contributed by atoms with Gasteiger partial charge in [0.15, 0.2) is 0 Å². The van der Waals surface area contributed by atoms with Crippen molar-refractivity contribution < 1.29 is 19.1 Å². The van der Waals surface area contributed by atoms with Gasteiger partial charge in [-0.05, 0) is 61.0 Å². The minimum absolute atomic E-state index is 0.124. The van der Waals surface area contributed by atoms with Crippen molar-refractivity contribution in [2.45, 2.75) is 26.4 Å². The summed E-state index contributed by atoms with van der Waals surface area (Å²) in [5.74, 6) is -0.142. The third-order valence-corrected chi connectivity index (χ3v) is 5.23. The predicted octanol–water partition coefficient (Wildman–Crippen LogP) is 4.54. The lowest BCUT2D eigenvalue weighted by Gasteiger charge is -2.12. The Labute approximate surface area is 173 Å². The van der Waals surface area contributed by atoms with Gasteiger partial charge in [0.25, 0.3) is 11.1 Å². The van der Waals surface area contributed by atoms with Crippen LogP contribution in [0.1, 0.15) is 25.8 Å². The molecule has 1 N–H and O–H groups in total. The third-order valence-electron chi connectivity index (χ3n) is 4.32. The summed E-state index contributed by atoms with van der Waals surface area (Å²) in [4.78, 5) is 38.2. The lowest BCUT2D eigenvalue weighted by molar-refractivity contribution is -0.127. The molecule has 1 aliphatic rings. The molecule has 0 spiro atoms. The van der Waals surface area contributed by atoms with Crippen LogP contribution in [0, 0.1) is 0 Å². The van der Waals surface area contributed by atoms with Gasteiger partial charge in [0.1, 0.15) is 12.3 Å². The monoisotopic (exact) mass is 410 g/mol. The van der Waals surface area contributed by atoms with Gasteiger partial charge < -0.3 is 10.1 Å². The number of anilines is 1. The second kappa shape index (κ2) is 9.43. The molecule has 1 atom stereocenters. The van der Waals surface area contributed by atoms with Crippen molar-refractivity contribution in [2.75, 3.05) is 11.9 Å². The van der Waals surface area contributed by atoms with E-state index in [-0.39, 0.29) is 17.6 Å². The number of para-hydroxylation sites is 1. The average Bonchev–Trinajstić information content (AvgIpc) is 2.97. The van der Waals surface area contributed by atoms with Crippen LogP contribution in [0.2, 0.25) is 0 Å². The van der Waals surface area contributed by atoms with Gasteiger partial charge in [-0.3, -0.25) is 19.3 Å². The molecule has 1 aliphatic heterocycles. The first-order valence-electron chi connectivity index (χ1n) is 9.33. The number of carbonyl (C=O) groups is 3. The zero-order valence-corrected chi connectivity index (χ0v) is 17.1. The fraction of sp³-hybridized carbons (Fsp3) is 0.227. The number of benzene rings is 2. The van der Waals surface area contributed by atoms with E-state index in [9.17, 15) is 14.4 Å². The molecule has 0 unspecified atom stereocenters. The zero-order valence-electron chi connectivity index (χ0n) is 16.3. The van der Waals surface area contributed by atoms with Crippen molar-refractivity contribution in [1.29, 1.82) is 0 Å². The Hall–Kier alpha value is -3.06. The second-order valence-corrected chi connectivity index (χ2v) is 7.58. The molecular weight excluding hydrogens is 388 g/mol. The lowest BCUT2D eigenvalue weighted by atomic mass is 10.2. The van der Waals surface area contributed by atoms with Gasteiger partial charge in [0.2, 0.25) is 5.91 Å². The number of ether oxygens (including phenoxy) is 1. The van der Waals surface area contributed by atoms with E-state index in [1.807, 2.05) is 37.3 Å².